The van der Waals surface area contributed by atoms with Crippen LogP contribution in [0.4, 0.5) is 4.39 Å². The standard InChI is InChI=1S/C22H16Cl4FNO5/c1-9(2)7-12(22(32)33-8-13(29)10-3-5-11(27)6-4-10)28-20(30)14-15(21(28)31)17(24)19(26)18(25)16(14)23/h3-6,9,12H,7-8H2,1-2H3/t12-/m0/s1. The third-order valence-electron chi connectivity index (χ3n) is 4.92. The van der Waals surface area contributed by atoms with Crippen LogP contribution in [0.1, 0.15) is 51.3 Å². The summed E-state index contributed by atoms with van der Waals surface area (Å²) in [6, 6.07) is 3.33. The number of hydrogen-bond donors (Lipinski definition) is 0. The Bertz CT molecular complexity index is 1120. The molecule has 0 unspecified atom stereocenters. The largest absolute Gasteiger partial charge is 0.456 e. The normalized spacial score (nSPS) is 14.0. The van der Waals surface area contributed by atoms with Crippen molar-refractivity contribution in [2.45, 2.75) is 26.3 Å². The molecule has 0 aliphatic carbocycles. The van der Waals surface area contributed by atoms with E-state index in [4.69, 9.17) is 51.1 Å². The van der Waals surface area contributed by atoms with E-state index in [0.717, 1.165) is 12.1 Å². The van der Waals surface area contributed by atoms with E-state index in [-0.39, 0.29) is 49.1 Å². The molecule has 1 aliphatic rings. The number of Topliss-reactive ketones (excluding diaryl/α,β-unsaturated/α-hetero) is 1. The number of ketones is 1. The first-order valence-corrected chi connectivity index (χ1v) is 11.2. The van der Waals surface area contributed by atoms with E-state index in [0.29, 0.717) is 4.90 Å². The van der Waals surface area contributed by atoms with Crippen LogP contribution in [0.2, 0.25) is 20.1 Å². The van der Waals surface area contributed by atoms with Crippen LogP contribution < -0.4 is 0 Å². The topological polar surface area (TPSA) is 80.8 Å². The highest BCUT2D eigenvalue weighted by Gasteiger charge is 2.47. The van der Waals surface area contributed by atoms with Crippen LogP contribution in [-0.4, -0.2) is 41.1 Å². The Hall–Kier alpha value is -2.19. The van der Waals surface area contributed by atoms with Crippen molar-refractivity contribution >= 4 is 70.0 Å². The number of carbonyl (C=O) groups is 4. The van der Waals surface area contributed by atoms with E-state index >= 15 is 0 Å². The van der Waals surface area contributed by atoms with Gasteiger partial charge in [-0.2, -0.15) is 0 Å². The summed E-state index contributed by atoms with van der Waals surface area (Å²) in [6.45, 7) is 2.88. The summed E-state index contributed by atoms with van der Waals surface area (Å²) in [5.41, 5.74) is -0.386. The van der Waals surface area contributed by atoms with Crippen molar-refractivity contribution in [1.29, 1.82) is 0 Å². The van der Waals surface area contributed by atoms with Crippen LogP contribution in [0, 0.1) is 11.7 Å². The lowest BCUT2D eigenvalue weighted by Gasteiger charge is -2.25. The average molecular weight is 535 g/mol. The SMILES string of the molecule is CC(C)C[C@@H](C(=O)OCC(=O)c1ccc(F)cc1)N1C(=O)c2c(Cl)c(Cl)c(Cl)c(Cl)c2C1=O. The Kier molecular flexibility index (Phi) is 7.69. The molecule has 11 heteroatoms. The summed E-state index contributed by atoms with van der Waals surface area (Å²) >= 11 is 24.3. The fourth-order valence-corrected chi connectivity index (χ4v) is 4.37. The van der Waals surface area contributed by atoms with Crippen molar-refractivity contribution in [3.63, 3.8) is 0 Å². The number of halogens is 5. The molecule has 174 valence electrons. The zero-order valence-electron chi connectivity index (χ0n) is 17.3. The first-order valence-electron chi connectivity index (χ1n) is 9.64. The van der Waals surface area contributed by atoms with Gasteiger partial charge < -0.3 is 4.74 Å². The molecule has 0 fully saturated rings. The van der Waals surface area contributed by atoms with Crippen molar-refractivity contribution in [2.24, 2.45) is 5.92 Å². The highest BCUT2D eigenvalue weighted by atomic mass is 35.5. The molecule has 2 aromatic rings. The number of benzene rings is 2. The molecule has 3 rings (SSSR count). The number of hydrogen-bond acceptors (Lipinski definition) is 5. The van der Waals surface area contributed by atoms with Crippen molar-refractivity contribution in [1.82, 2.24) is 4.90 Å². The van der Waals surface area contributed by atoms with Gasteiger partial charge in [0.05, 0.1) is 31.2 Å². The fourth-order valence-electron chi connectivity index (χ4n) is 3.36. The first kappa shape index (κ1) is 25.4. The lowest BCUT2D eigenvalue weighted by Crippen LogP contribution is -2.46. The highest BCUT2D eigenvalue weighted by molar-refractivity contribution is 6.55. The zero-order valence-corrected chi connectivity index (χ0v) is 20.3. The monoisotopic (exact) mass is 533 g/mol. The maximum absolute atomic E-state index is 13.1. The molecule has 0 saturated heterocycles. The van der Waals surface area contributed by atoms with E-state index < -0.39 is 42.0 Å². The molecule has 1 aliphatic heterocycles. The Morgan fingerprint density at radius 2 is 1.39 bits per heavy atom. The van der Waals surface area contributed by atoms with Crippen LogP contribution in [0.25, 0.3) is 0 Å². The molecule has 2 amide bonds. The van der Waals surface area contributed by atoms with Crippen LogP contribution in [-0.2, 0) is 9.53 Å². The van der Waals surface area contributed by atoms with Crippen molar-refractivity contribution in [3.8, 4) is 0 Å². The second-order valence-corrected chi connectivity index (χ2v) is 9.18. The minimum Gasteiger partial charge on any atom is -0.456 e. The lowest BCUT2D eigenvalue weighted by molar-refractivity contribution is -0.147. The molecule has 1 heterocycles. The van der Waals surface area contributed by atoms with Gasteiger partial charge in [-0.15, -0.1) is 0 Å². The van der Waals surface area contributed by atoms with Gasteiger partial charge in [0, 0.05) is 5.56 Å². The number of carbonyl (C=O) groups excluding carboxylic acids is 4. The Morgan fingerprint density at radius 1 is 0.909 bits per heavy atom. The van der Waals surface area contributed by atoms with Gasteiger partial charge in [-0.25, -0.2) is 9.18 Å². The number of esters is 1. The summed E-state index contributed by atoms with van der Waals surface area (Å²) in [5, 5.41) is -0.911. The molecule has 33 heavy (non-hydrogen) atoms. The van der Waals surface area contributed by atoms with E-state index in [2.05, 4.69) is 0 Å². The molecule has 0 bridgehead atoms. The van der Waals surface area contributed by atoms with Crippen LogP contribution >= 0.6 is 46.4 Å². The fraction of sp³-hybridized carbons (Fsp3) is 0.273. The van der Waals surface area contributed by atoms with Gasteiger partial charge in [0.2, 0.25) is 0 Å². The van der Waals surface area contributed by atoms with Gasteiger partial charge in [0.1, 0.15) is 11.9 Å². The molecule has 6 nitrogen and oxygen atoms in total. The maximum atomic E-state index is 13.1. The van der Waals surface area contributed by atoms with E-state index in [1.807, 2.05) is 0 Å². The minimum absolute atomic E-state index is 0.0474. The van der Waals surface area contributed by atoms with Crippen molar-refractivity contribution < 1.29 is 28.3 Å². The van der Waals surface area contributed by atoms with Gasteiger partial charge in [0.25, 0.3) is 11.8 Å². The van der Waals surface area contributed by atoms with Crippen LogP contribution in [0.3, 0.4) is 0 Å². The van der Waals surface area contributed by atoms with Gasteiger partial charge in [-0.3, -0.25) is 19.3 Å². The molecule has 2 aromatic carbocycles. The maximum Gasteiger partial charge on any atom is 0.329 e. The number of ether oxygens (including phenoxy) is 1. The quantitative estimate of drug-likeness (QED) is 0.146. The van der Waals surface area contributed by atoms with Gasteiger partial charge >= 0.3 is 5.97 Å². The van der Waals surface area contributed by atoms with E-state index in [1.165, 1.54) is 12.1 Å². The third kappa shape index (κ3) is 4.87. The Labute approximate surface area is 208 Å². The van der Waals surface area contributed by atoms with Crippen molar-refractivity contribution in [3.05, 3.63) is 66.9 Å². The molecule has 0 aromatic heterocycles. The van der Waals surface area contributed by atoms with E-state index in [1.54, 1.807) is 13.8 Å². The summed E-state index contributed by atoms with van der Waals surface area (Å²) in [4.78, 5) is 52.1. The summed E-state index contributed by atoms with van der Waals surface area (Å²) in [7, 11) is 0. The van der Waals surface area contributed by atoms with E-state index in [9.17, 15) is 23.6 Å². The van der Waals surface area contributed by atoms with Gasteiger partial charge in [-0.1, -0.05) is 60.3 Å². The minimum atomic E-state index is -1.36. The number of imide groups is 1. The highest BCUT2D eigenvalue weighted by Crippen LogP contribution is 2.45. The summed E-state index contributed by atoms with van der Waals surface area (Å²) < 4.78 is 18.2. The predicted molar refractivity (Wildman–Crippen MR) is 122 cm³/mol. The Morgan fingerprint density at radius 3 is 1.85 bits per heavy atom. The molecular weight excluding hydrogens is 519 g/mol. The first-order chi connectivity index (χ1) is 15.5. The van der Waals surface area contributed by atoms with Gasteiger partial charge in [-0.05, 0) is 36.6 Å². The smallest absolute Gasteiger partial charge is 0.329 e. The molecule has 0 saturated carbocycles. The molecule has 1 atom stereocenters. The number of rotatable bonds is 7. The zero-order chi connectivity index (χ0) is 24.6. The summed E-state index contributed by atoms with van der Waals surface area (Å²) in [6.07, 6.45) is 0.0474. The summed E-state index contributed by atoms with van der Waals surface area (Å²) in [5.74, 6) is -3.99. The molecule has 0 spiro atoms. The number of amides is 2. The number of fused-ring (bicyclic) bond motifs is 1. The second-order valence-electron chi connectivity index (χ2n) is 7.67. The second kappa shape index (κ2) is 9.97. The van der Waals surface area contributed by atoms with Crippen LogP contribution in [0.15, 0.2) is 24.3 Å². The molecule has 0 N–H and O–H groups in total. The van der Waals surface area contributed by atoms with Gasteiger partial charge in [0.15, 0.2) is 12.4 Å². The van der Waals surface area contributed by atoms with Crippen LogP contribution in [0.5, 0.6) is 0 Å². The number of nitrogens with zero attached hydrogens (tertiary/aromatic N) is 1. The third-order valence-corrected chi connectivity index (χ3v) is 6.72. The molecular formula is C22H16Cl4FNO5. The Balaban J connectivity index is 1.89. The average Bonchev–Trinajstić information content (AvgIpc) is 3.03. The molecule has 0 radical (unpaired) electrons. The predicted octanol–water partition coefficient (Wildman–Crippen LogP) is 5.88. The van der Waals surface area contributed by atoms with Crippen molar-refractivity contribution in [2.75, 3.05) is 6.61 Å². The lowest BCUT2D eigenvalue weighted by atomic mass is 10.0.